The average molecular weight is 394 g/mol. The van der Waals surface area contributed by atoms with Crippen LogP contribution in [0.5, 0.6) is 0 Å². The predicted octanol–water partition coefficient (Wildman–Crippen LogP) is 2.76. The number of hydrogen-bond donors (Lipinski definition) is 3. The van der Waals surface area contributed by atoms with Crippen molar-refractivity contribution in [3.63, 3.8) is 0 Å². The Balaban J connectivity index is 1.70. The molecular weight excluding hydrogens is 372 g/mol. The van der Waals surface area contributed by atoms with E-state index in [1.807, 2.05) is 0 Å². The minimum absolute atomic E-state index is 0.213. The number of carboxylic acid groups (broad SMARTS) is 1. The molecule has 1 aliphatic rings. The van der Waals surface area contributed by atoms with Gasteiger partial charge in [-0.3, -0.25) is 14.3 Å². The molecule has 0 unspecified atom stereocenters. The molecule has 1 saturated carbocycles. The van der Waals surface area contributed by atoms with E-state index in [-0.39, 0.29) is 5.52 Å². The number of nitrogens with zero attached hydrogens (tertiary/aromatic N) is 2. The van der Waals surface area contributed by atoms with Gasteiger partial charge in [-0.05, 0) is 30.4 Å². The van der Waals surface area contributed by atoms with Crippen LogP contribution >= 0.6 is 0 Å². The summed E-state index contributed by atoms with van der Waals surface area (Å²) in [6.07, 6.45) is 8.31. The summed E-state index contributed by atoms with van der Waals surface area (Å²) in [6.45, 7) is 0.562. The zero-order chi connectivity index (χ0) is 20.4. The van der Waals surface area contributed by atoms with E-state index in [0.29, 0.717) is 23.9 Å². The minimum Gasteiger partial charge on any atom is -0.478 e. The van der Waals surface area contributed by atoms with Gasteiger partial charge in [0.25, 0.3) is 5.56 Å². The van der Waals surface area contributed by atoms with Gasteiger partial charge in [0.1, 0.15) is 11.5 Å². The third kappa shape index (κ3) is 4.06. The molecule has 2 aromatic heterocycles. The maximum Gasteiger partial charge on any atom is 0.330 e. The fourth-order valence-corrected chi connectivity index (χ4v) is 3.90. The van der Waals surface area contributed by atoms with Gasteiger partial charge in [-0.2, -0.15) is 0 Å². The molecule has 4 rings (SSSR count). The van der Waals surface area contributed by atoms with E-state index in [0.717, 1.165) is 30.0 Å². The Morgan fingerprint density at radius 1 is 1.14 bits per heavy atom. The number of aliphatic carboxylic acids is 1. The summed E-state index contributed by atoms with van der Waals surface area (Å²) in [5.41, 5.74) is 1.20. The van der Waals surface area contributed by atoms with Gasteiger partial charge in [-0.1, -0.05) is 43.5 Å². The summed E-state index contributed by atoms with van der Waals surface area (Å²) in [5, 5.41) is 8.72. The molecule has 3 aromatic rings. The van der Waals surface area contributed by atoms with Crippen LogP contribution in [0.15, 0.2) is 39.9 Å². The van der Waals surface area contributed by atoms with E-state index >= 15 is 0 Å². The molecule has 0 saturated heterocycles. The third-order valence-electron chi connectivity index (χ3n) is 5.40. The number of aromatic amines is 2. The van der Waals surface area contributed by atoms with Crippen LogP contribution in [0.3, 0.4) is 0 Å². The van der Waals surface area contributed by atoms with Gasteiger partial charge in [-0.15, -0.1) is 0 Å². The Morgan fingerprint density at radius 3 is 2.55 bits per heavy atom. The van der Waals surface area contributed by atoms with Gasteiger partial charge in [-0.25, -0.2) is 14.6 Å². The summed E-state index contributed by atoms with van der Waals surface area (Å²) in [4.78, 5) is 45.3. The van der Waals surface area contributed by atoms with Crippen LogP contribution in [-0.4, -0.2) is 30.6 Å². The SMILES string of the molecule is O=C(O)/C=C/c1ccc(-c2nc3c(=O)[nH]c(=O)n(CC4CCCCC4)c3[nH]2)cc1. The molecule has 0 bridgehead atoms. The summed E-state index contributed by atoms with van der Waals surface area (Å²) in [6, 6.07) is 7.11. The van der Waals surface area contributed by atoms with E-state index in [1.165, 1.54) is 25.3 Å². The first-order valence-electron chi connectivity index (χ1n) is 9.75. The minimum atomic E-state index is -1.01. The second-order valence-corrected chi connectivity index (χ2v) is 7.45. The van der Waals surface area contributed by atoms with Gasteiger partial charge in [0.15, 0.2) is 5.52 Å². The number of aromatic nitrogens is 4. The number of imidazole rings is 1. The Labute approximate surface area is 165 Å². The van der Waals surface area contributed by atoms with Crippen molar-refractivity contribution in [3.8, 4) is 11.4 Å². The van der Waals surface area contributed by atoms with Crippen LogP contribution in [0, 0.1) is 5.92 Å². The lowest BCUT2D eigenvalue weighted by molar-refractivity contribution is -0.131. The highest BCUT2D eigenvalue weighted by atomic mass is 16.4. The summed E-state index contributed by atoms with van der Waals surface area (Å²) >= 11 is 0. The molecule has 8 nitrogen and oxygen atoms in total. The summed E-state index contributed by atoms with van der Waals surface area (Å²) in [5.74, 6) is -0.105. The van der Waals surface area contributed by atoms with Crippen LogP contribution in [0.25, 0.3) is 28.6 Å². The molecule has 0 aliphatic heterocycles. The number of fused-ring (bicyclic) bond motifs is 1. The van der Waals surface area contributed by atoms with E-state index < -0.39 is 17.2 Å². The maximum atomic E-state index is 12.4. The van der Waals surface area contributed by atoms with Crippen molar-refractivity contribution in [2.45, 2.75) is 38.6 Å². The molecule has 2 heterocycles. The number of H-pyrrole nitrogens is 2. The highest BCUT2D eigenvalue weighted by molar-refractivity contribution is 5.85. The highest BCUT2D eigenvalue weighted by Crippen LogP contribution is 2.26. The molecule has 29 heavy (non-hydrogen) atoms. The van der Waals surface area contributed by atoms with Crippen molar-refractivity contribution >= 4 is 23.2 Å². The van der Waals surface area contributed by atoms with Crippen LogP contribution in [0.1, 0.15) is 37.7 Å². The van der Waals surface area contributed by atoms with E-state index in [1.54, 1.807) is 28.8 Å². The molecule has 0 atom stereocenters. The predicted molar refractivity (Wildman–Crippen MR) is 110 cm³/mol. The van der Waals surface area contributed by atoms with Gasteiger partial charge >= 0.3 is 11.7 Å². The summed E-state index contributed by atoms with van der Waals surface area (Å²) < 4.78 is 1.59. The average Bonchev–Trinajstić information content (AvgIpc) is 3.17. The monoisotopic (exact) mass is 394 g/mol. The van der Waals surface area contributed by atoms with Crippen molar-refractivity contribution in [1.29, 1.82) is 0 Å². The lowest BCUT2D eigenvalue weighted by Crippen LogP contribution is -2.32. The summed E-state index contributed by atoms with van der Waals surface area (Å²) in [7, 11) is 0. The maximum absolute atomic E-state index is 12.4. The first kappa shape index (κ1) is 18.9. The van der Waals surface area contributed by atoms with Crippen molar-refractivity contribution in [1.82, 2.24) is 19.5 Å². The van der Waals surface area contributed by atoms with Crippen LogP contribution in [-0.2, 0) is 11.3 Å². The van der Waals surface area contributed by atoms with Gasteiger partial charge in [0.05, 0.1) is 0 Å². The zero-order valence-electron chi connectivity index (χ0n) is 15.9. The molecule has 0 radical (unpaired) electrons. The largest absolute Gasteiger partial charge is 0.478 e. The Kier molecular flexibility index (Phi) is 5.16. The molecule has 1 aromatic carbocycles. The topological polar surface area (TPSA) is 121 Å². The van der Waals surface area contributed by atoms with Gasteiger partial charge < -0.3 is 10.1 Å². The molecule has 0 amide bonds. The quantitative estimate of drug-likeness (QED) is 0.575. The van der Waals surface area contributed by atoms with Crippen LogP contribution in [0.4, 0.5) is 0 Å². The van der Waals surface area contributed by atoms with Crippen LogP contribution in [0.2, 0.25) is 0 Å². The molecule has 1 aliphatic carbocycles. The highest BCUT2D eigenvalue weighted by Gasteiger charge is 2.19. The Hall–Kier alpha value is -3.42. The smallest absolute Gasteiger partial charge is 0.330 e. The zero-order valence-corrected chi connectivity index (χ0v) is 15.9. The van der Waals surface area contributed by atoms with Crippen molar-refractivity contribution in [2.75, 3.05) is 0 Å². The van der Waals surface area contributed by atoms with Crippen molar-refractivity contribution < 1.29 is 9.90 Å². The molecule has 150 valence electrons. The van der Waals surface area contributed by atoms with Crippen molar-refractivity contribution in [3.05, 3.63) is 56.7 Å². The third-order valence-corrected chi connectivity index (χ3v) is 5.40. The second-order valence-electron chi connectivity index (χ2n) is 7.45. The normalized spacial score (nSPS) is 15.3. The Morgan fingerprint density at radius 2 is 1.86 bits per heavy atom. The molecule has 8 heteroatoms. The number of carboxylic acids is 1. The number of nitrogens with one attached hydrogen (secondary N) is 2. The first-order valence-corrected chi connectivity index (χ1v) is 9.75. The molecule has 3 N–H and O–H groups in total. The fourth-order valence-electron chi connectivity index (χ4n) is 3.90. The van der Waals surface area contributed by atoms with Gasteiger partial charge in [0, 0.05) is 18.2 Å². The molecule has 0 spiro atoms. The number of benzene rings is 1. The Bertz CT molecular complexity index is 1180. The van der Waals surface area contributed by atoms with Gasteiger partial charge in [0.2, 0.25) is 0 Å². The number of carbonyl (C=O) groups is 1. The standard InChI is InChI=1S/C21H22N4O4/c26-16(27)11-8-13-6-9-15(10-7-13)18-22-17-19(23-18)25(21(29)24-20(17)28)12-14-4-2-1-3-5-14/h6-11,14H,1-5,12H2,(H,22,23)(H,26,27)(H,24,28,29)/b11-8+. The second kappa shape index (κ2) is 7.90. The lowest BCUT2D eigenvalue weighted by atomic mass is 9.89. The van der Waals surface area contributed by atoms with E-state index in [4.69, 9.17) is 5.11 Å². The molecular formula is C21H22N4O4. The fraction of sp³-hybridized carbons (Fsp3) is 0.333. The molecule has 1 fully saturated rings. The van der Waals surface area contributed by atoms with Crippen molar-refractivity contribution in [2.24, 2.45) is 5.92 Å². The van der Waals surface area contributed by atoms with Crippen LogP contribution < -0.4 is 11.2 Å². The number of hydrogen-bond acceptors (Lipinski definition) is 4. The lowest BCUT2D eigenvalue weighted by Gasteiger charge is -2.22. The van der Waals surface area contributed by atoms with E-state index in [9.17, 15) is 14.4 Å². The number of rotatable bonds is 5. The van der Waals surface area contributed by atoms with E-state index in [2.05, 4.69) is 15.0 Å². The first-order chi connectivity index (χ1) is 14.0.